The topological polar surface area (TPSA) is 99.1 Å². The molecule has 0 spiro atoms. The fraction of sp³-hybridized carbons (Fsp3) is 0.429. The average molecular weight is 432 g/mol. The smallest absolute Gasteiger partial charge is 0.408 e. The molecule has 0 saturated carbocycles. The summed E-state index contributed by atoms with van der Waals surface area (Å²) in [5.41, 5.74) is 1.45. The van der Waals surface area contributed by atoms with Crippen molar-refractivity contribution in [2.75, 3.05) is 13.2 Å². The minimum Gasteiger partial charge on any atom is -0.473 e. The Kier molecular flexibility index (Phi) is 7.40. The summed E-state index contributed by atoms with van der Waals surface area (Å²) in [7, 11) is 0. The van der Waals surface area contributed by atoms with Crippen LogP contribution in [0.25, 0.3) is 0 Å². The second-order valence-electron chi connectivity index (χ2n) is 7.01. The van der Waals surface area contributed by atoms with E-state index in [0.29, 0.717) is 23.2 Å². The van der Waals surface area contributed by atoms with E-state index < -0.39 is 18.1 Å². The van der Waals surface area contributed by atoms with Gasteiger partial charge in [0.15, 0.2) is 6.04 Å². The molecule has 3 rings (SSSR count). The Morgan fingerprint density at radius 2 is 2.03 bits per heavy atom. The Morgan fingerprint density at radius 3 is 2.73 bits per heavy atom. The number of alkyl carbamates (subject to hydrolysis) is 1. The lowest BCUT2D eigenvalue weighted by Gasteiger charge is -2.20. The van der Waals surface area contributed by atoms with Gasteiger partial charge in [0.2, 0.25) is 5.90 Å². The molecule has 9 heteroatoms. The Labute approximate surface area is 179 Å². The van der Waals surface area contributed by atoms with Gasteiger partial charge in [0.05, 0.1) is 12.6 Å². The second kappa shape index (κ2) is 10.2. The number of nitrogens with zero attached hydrogens (tertiary/aromatic N) is 2. The lowest BCUT2D eigenvalue weighted by atomic mass is 10.1. The van der Waals surface area contributed by atoms with E-state index in [1.165, 1.54) is 11.3 Å². The van der Waals surface area contributed by atoms with Crippen molar-refractivity contribution in [3.05, 3.63) is 52.0 Å². The summed E-state index contributed by atoms with van der Waals surface area (Å²) in [5, 5.41) is 5.39. The van der Waals surface area contributed by atoms with Gasteiger partial charge in [-0.3, -0.25) is 0 Å². The second-order valence-corrected chi connectivity index (χ2v) is 7.90. The molecule has 0 unspecified atom stereocenters. The highest BCUT2D eigenvalue weighted by Crippen LogP contribution is 2.26. The molecule has 30 heavy (non-hydrogen) atoms. The maximum Gasteiger partial charge on any atom is 0.408 e. The number of ether oxygens (including phenoxy) is 3. The molecule has 2 heterocycles. The van der Waals surface area contributed by atoms with Crippen LogP contribution in [0.15, 0.2) is 40.7 Å². The fourth-order valence-electron chi connectivity index (χ4n) is 2.81. The zero-order chi connectivity index (χ0) is 21.5. The lowest BCUT2D eigenvalue weighted by Crippen LogP contribution is -2.32. The minimum absolute atomic E-state index is 0.0898. The molecular weight excluding hydrogens is 406 g/mol. The van der Waals surface area contributed by atoms with Crippen LogP contribution in [0.4, 0.5) is 4.79 Å². The van der Waals surface area contributed by atoms with Gasteiger partial charge in [-0.2, -0.15) is 0 Å². The Bertz CT molecular complexity index is 897. The summed E-state index contributed by atoms with van der Waals surface area (Å²) >= 11 is 1.39. The molecule has 0 bridgehead atoms. The number of carbonyl (C=O) groups excluding carboxylic acids is 2. The molecule has 0 saturated heterocycles. The van der Waals surface area contributed by atoms with Gasteiger partial charge < -0.3 is 19.5 Å². The number of aliphatic imine (C=N–C) groups is 1. The normalized spacial score (nSPS) is 16.5. The zero-order valence-corrected chi connectivity index (χ0v) is 18.0. The van der Waals surface area contributed by atoms with Crippen molar-refractivity contribution in [3.63, 3.8) is 0 Å². The van der Waals surface area contributed by atoms with Gasteiger partial charge in [0.25, 0.3) is 0 Å². The van der Waals surface area contributed by atoms with Gasteiger partial charge in [-0.15, -0.1) is 11.3 Å². The molecule has 1 N–H and O–H groups in total. The number of carbonyl (C=O) groups is 2. The summed E-state index contributed by atoms with van der Waals surface area (Å²) in [4.78, 5) is 32.9. The molecule has 1 aromatic heterocycles. The molecule has 2 atom stereocenters. The third kappa shape index (κ3) is 5.56. The van der Waals surface area contributed by atoms with Crippen LogP contribution in [0.3, 0.4) is 0 Å². The van der Waals surface area contributed by atoms with E-state index in [0.717, 1.165) is 5.56 Å². The molecule has 0 aliphatic carbocycles. The number of rotatable bonds is 8. The van der Waals surface area contributed by atoms with Gasteiger partial charge in [-0.1, -0.05) is 44.2 Å². The number of amides is 1. The van der Waals surface area contributed by atoms with E-state index in [1.54, 1.807) is 12.3 Å². The van der Waals surface area contributed by atoms with Gasteiger partial charge in [-0.05, 0) is 18.4 Å². The number of thiazole rings is 1. The van der Waals surface area contributed by atoms with E-state index >= 15 is 0 Å². The zero-order valence-electron chi connectivity index (χ0n) is 17.2. The first-order valence-corrected chi connectivity index (χ1v) is 10.7. The number of aromatic nitrogens is 1. The van der Waals surface area contributed by atoms with Crippen LogP contribution < -0.4 is 5.32 Å². The van der Waals surface area contributed by atoms with Gasteiger partial charge in [0.1, 0.15) is 23.9 Å². The molecular formula is C21H25N3O5S. The van der Waals surface area contributed by atoms with Crippen LogP contribution >= 0.6 is 11.3 Å². The summed E-state index contributed by atoms with van der Waals surface area (Å²) in [6, 6.07) is 8.49. The molecule has 1 amide bonds. The molecule has 0 radical (unpaired) electrons. The molecule has 1 aromatic carbocycles. The average Bonchev–Trinajstić information content (AvgIpc) is 3.41. The number of benzene rings is 1. The molecule has 160 valence electrons. The van der Waals surface area contributed by atoms with E-state index in [9.17, 15) is 9.59 Å². The summed E-state index contributed by atoms with van der Waals surface area (Å²) < 4.78 is 15.8. The maximum absolute atomic E-state index is 12.3. The highest BCUT2D eigenvalue weighted by molar-refractivity contribution is 7.09. The largest absolute Gasteiger partial charge is 0.473 e. The van der Waals surface area contributed by atoms with Gasteiger partial charge in [-0.25, -0.2) is 19.6 Å². The number of esters is 1. The predicted molar refractivity (Wildman–Crippen MR) is 112 cm³/mol. The SMILES string of the molecule is CCOC(=O)[C@H]1COC(c2csc([C@@H](NC(=O)OCc3ccccc3)C(C)C)n2)=N1. The number of hydrogen-bond acceptors (Lipinski definition) is 8. The first-order valence-electron chi connectivity index (χ1n) is 9.78. The first-order chi connectivity index (χ1) is 14.5. The first kappa shape index (κ1) is 21.8. The highest BCUT2D eigenvalue weighted by Gasteiger charge is 2.30. The maximum atomic E-state index is 12.3. The number of nitrogens with one attached hydrogen (secondary N) is 1. The van der Waals surface area contributed by atoms with Crippen LogP contribution in [0, 0.1) is 5.92 Å². The summed E-state index contributed by atoms with van der Waals surface area (Å²) in [6.45, 7) is 6.35. The number of hydrogen-bond donors (Lipinski definition) is 1. The van der Waals surface area contributed by atoms with E-state index in [4.69, 9.17) is 14.2 Å². The van der Waals surface area contributed by atoms with Crippen molar-refractivity contribution < 1.29 is 23.8 Å². The van der Waals surface area contributed by atoms with E-state index in [-0.39, 0.29) is 25.2 Å². The van der Waals surface area contributed by atoms with Gasteiger partial charge in [0, 0.05) is 5.38 Å². The van der Waals surface area contributed by atoms with Crippen LogP contribution in [-0.4, -0.2) is 42.2 Å². The molecule has 8 nitrogen and oxygen atoms in total. The van der Waals surface area contributed by atoms with Crippen molar-refractivity contribution in [3.8, 4) is 0 Å². The lowest BCUT2D eigenvalue weighted by molar-refractivity contribution is -0.144. The van der Waals surface area contributed by atoms with Crippen molar-refractivity contribution in [2.24, 2.45) is 10.9 Å². The fourth-order valence-corrected chi connectivity index (χ4v) is 3.82. The monoisotopic (exact) mass is 431 g/mol. The highest BCUT2D eigenvalue weighted by atomic mass is 32.1. The quantitative estimate of drug-likeness (QED) is 0.643. The van der Waals surface area contributed by atoms with Crippen LogP contribution in [0.5, 0.6) is 0 Å². The van der Waals surface area contributed by atoms with Crippen LogP contribution in [-0.2, 0) is 25.6 Å². The Balaban J connectivity index is 1.63. The van der Waals surface area contributed by atoms with Crippen LogP contribution in [0.1, 0.15) is 43.1 Å². The van der Waals surface area contributed by atoms with E-state index in [1.807, 2.05) is 44.2 Å². The molecule has 2 aromatic rings. The summed E-state index contributed by atoms with van der Waals surface area (Å²) in [5.74, 6) is -0.0115. The standard InChI is InChI=1S/C21H25N3O5S/c1-4-27-20(25)15-11-28-18(22-15)16-12-30-19(23-16)17(13(2)3)24-21(26)29-10-14-8-6-5-7-9-14/h5-9,12-13,15,17H,4,10-11H2,1-3H3,(H,24,26)/t15-,17+/m1/s1. The van der Waals surface area contributed by atoms with E-state index in [2.05, 4.69) is 15.3 Å². The predicted octanol–water partition coefficient (Wildman–Crippen LogP) is 3.48. The van der Waals surface area contributed by atoms with Crippen molar-refractivity contribution in [2.45, 2.75) is 39.5 Å². The molecule has 0 fully saturated rings. The minimum atomic E-state index is -0.669. The van der Waals surface area contributed by atoms with Crippen molar-refractivity contribution in [1.29, 1.82) is 0 Å². The van der Waals surface area contributed by atoms with Crippen LogP contribution in [0.2, 0.25) is 0 Å². The van der Waals surface area contributed by atoms with Crippen molar-refractivity contribution in [1.82, 2.24) is 10.3 Å². The third-order valence-corrected chi connectivity index (χ3v) is 5.30. The molecule has 1 aliphatic heterocycles. The Morgan fingerprint density at radius 1 is 1.27 bits per heavy atom. The Hall–Kier alpha value is -2.94. The molecule has 1 aliphatic rings. The van der Waals surface area contributed by atoms with Gasteiger partial charge >= 0.3 is 12.1 Å². The third-order valence-electron chi connectivity index (χ3n) is 4.37. The summed E-state index contributed by atoms with van der Waals surface area (Å²) in [6.07, 6.45) is -0.508. The van der Waals surface area contributed by atoms with Crippen molar-refractivity contribution >= 4 is 29.3 Å².